The molecule has 0 heterocycles. The zero-order valence-electron chi connectivity index (χ0n) is 9.89. The Labute approximate surface area is 86.4 Å². The van der Waals surface area contributed by atoms with E-state index >= 15 is 0 Å². The van der Waals surface area contributed by atoms with Gasteiger partial charge in [0.05, 0.1) is 5.71 Å². The molecule has 2 fully saturated rings. The normalized spacial score (nSPS) is 46.1. The van der Waals surface area contributed by atoms with Crippen molar-refractivity contribution in [2.75, 3.05) is 0 Å². The fourth-order valence-corrected chi connectivity index (χ4v) is 4.30. The molecule has 0 aromatic carbocycles. The molecule has 0 unspecified atom stereocenters. The molecular formula is C12H21NO. The molecule has 2 atom stereocenters. The summed E-state index contributed by atoms with van der Waals surface area (Å²) in [5.74, 6) is 0.658. The summed E-state index contributed by atoms with van der Waals surface area (Å²) in [7, 11) is 0. The first-order chi connectivity index (χ1) is 6.28. The quantitative estimate of drug-likeness (QED) is 0.467. The molecule has 80 valence electrons. The summed E-state index contributed by atoms with van der Waals surface area (Å²) >= 11 is 0. The summed E-state index contributed by atoms with van der Waals surface area (Å²) in [6.07, 6.45) is 2.45. The third kappa shape index (κ3) is 0.768. The minimum Gasteiger partial charge on any atom is -0.411 e. The van der Waals surface area contributed by atoms with E-state index in [0.717, 1.165) is 5.71 Å². The second-order valence-corrected chi connectivity index (χ2v) is 6.32. The average molecular weight is 195 g/mol. The summed E-state index contributed by atoms with van der Waals surface area (Å²) in [5, 5.41) is 12.8. The minimum absolute atomic E-state index is 0.0747. The first-order valence-electron chi connectivity index (χ1n) is 5.51. The Balaban J connectivity index is 2.61. The van der Waals surface area contributed by atoms with Gasteiger partial charge in [-0.15, -0.1) is 0 Å². The van der Waals surface area contributed by atoms with Crippen molar-refractivity contribution in [2.45, 2.75) is 47.5 Å². The van der Waals surface area contributed by atoms with Gasteiger partial charge in [0.2, 0.25) is 0 Å². The van der Waals surface area contributed by atoms with Crippen LogP contribution in [0, 0.1) is 22.2 Å². The van der Waals surface area contributed by atoms with E-state index in [1.54, 1.807) is 0 Å². The van der Waals surface area contributed by atoms with Crippen LogP contribution in [0.3, 0.4) is 0 Å². The topological polar surface area (TPSA) is 32.6 Å². The highest BCUT2D eigenvalue weighted by molar-refractivity contribution is 5.98. The Kier molecular flexibility index (Phi) is 1.67. The van der Waals surface area contributed by atoms with Gasteiger partial charge >= 0.3 is 0 Å². The molecular weight excluding hydrogens is 174 g/mol. The fraction of sp³-hybridized carbons (Fsp3) is 0.917. The number of nitrogens with zero attached hydrogens (tertiary/aromatic N) is 1. The molecule has 2 rings (SSSR count). The van der Waals surface area contributed by atoms with Gasteiger partial charge in [0.25, 0.3) is 0 Å². The Hall–Kier alpha value is -0.530. The molecule has 2 aliphatic carbocycles. The van der Waals surface area contributed by atoms with E-state index in [9.17, 15) is 5.21 Å². The number of oxime groups is 1. The Morgan fingerprint density at radius 2 is 1.79 bits per heavy atom. The standard InChI is InChI=1S/C12H21NO/c1-10(2)8-6-7-12(5,9(10)13-14)11(8,3)4/h8,14H,6-7H2,1-5H3/b13-9-/t8-,12+/m1/s1. The molecule has 2 bridgehead atoms. The lowest BCUT2D eigenvalue weighted by Gasteiger charge is -2.34. The van der Waals surface area contributed by atoms with Gasteiger partial charge in [0.15, 0.2) is 0 Å². The van der Waals surface area contributed by atoms with Crippen molar-refractivity contribution < 1.29 is 5.21 Å². The molecule has 2 aliphatic rings. The maximum Gasteiger partial charge on any atom is 0.0693 e. The molecule has 0 radical (unpaired) electrons. The van der Waals surface area contributed by atoms with Gasteiger partial charge in [-0.2, -0.15) is 0 Å². The van der Waals surface area contributed by atoms with Crippen LogP contribution in [0.4, 0.5) is 0 Å². The third-order valence-corrected chi connectivity index (χ3v) is 5.33. The van der Waals surface area contributed by atoms with Crippen molar-refractivity contribution in [3.8, 4) is 0 Å². The van der Waals surface area contributed by atoms with Gasteiger partial charge in [-0.3, -0.25) is 0 Å². The van der Waals surface area contributed by atoms with E-state index in [-0.39, 0.29) is 16.2 Å². The second-order valence-electron chi connectivity index (χ2n) is 6.32. The van der Waals surface area contributed by atoms with Crippen LogP contribution in [0.5, 0.6) is 0 Å². The summed E-state index contributed by atoms with van der Waals surface area (Å²) in [4.78, 5) is 0. The predicted molar refractivity (Wildman–Crippen MR) is 57.6 cm³/mol. The molecule has 0 aliphatic heterocycles. The second kappa shape index (κ2) is 2.34. The van der Waals surface area contributed by atoms with Crippen molar-refractivity contribution in [3.63, 3.8) is 0 Å². The highest BCUT2D eigenvalue weighted by Gasteiger charge is 2.68. The maximum absolute atomic E-state index is 9.21. The molecule has 0 aromatic rings. The van der Waals surface area contributed by atoms with Crippen LogP contribution in [0.1, 0.15) is 47.5 Å². The summed E-state index contributed by atoms with van der Waals surface area (Å²) in [6, 6.07) is 0. The summed E-state index contributed by atoms with van der Waals surface area (Å²) in [5.41, 5.74) is 1.48. The predicted octanol–water partition coefficient (Wildman–Crippen LogP) is 3.30. The molecule has 0 aromatic heterocycles. The van der Waals surface area contributed by atoms with Gasteiger partial charge in [-0.05, 0) is 24.2 Å². The van der Waals surface area contributed by atoms with E-state index in [4.69, 9.17) is 0 Å². The molecule has 2 saturated carbocycles. The van der Waals surface area contributed by atoms with Crippen LogP contribution < -0.4 is 0 Å². The number of hydrogen-bond donors (Lipinski definition) is 1. The van der Waals surface area contributed by atoms with Crippen LogP contribution in [0.15, 0.2) is 5.16 Å². The lowest BCUT2D eigenvalue weighted by molar-refractivity contribution is 0.154. The monoisotopic (exact) mass is 195 g/mol. The van der Waals surface area contributed by atoms with Crippen LogP contribution >= 0.6 is 0 Å². The summed E-state index contributed by atoms with van der Waals surface area (Å²) in [6.45, 7) is 11.4. The van der Waals surface area contributed by atoms with Gasteiger partial charge in [0.1, 0.15) is 0 Å². The number of fused-ring (bicyclic) bond motifs is 2. The highest BCUT2D eigenvalue weighted by atomic mass is 16.4. The average Bonchev–Trinajstić information content (AvgIpc) is 2.29. The molecule has 0 amide bonds. The zero-order valence-corrected chi connectivity index (χ0v) is 9.89. The van der Waals surface area contributed by atoms with E-state index in [1.807, 2.05) is 0 Å². The Morgan fingerprint density at radius 1 is 1.21 bits per heavy atom. The van der Waals surface area contributed by atoms with Crippen molar-refractivity contribution in [3.05, 3.63) is 0 Å². The molecule has 14 heavy (non-hydrogen) atoms. The van der Waals surface area contributed by atoms with Gasteiger partial charge in [0, 0.05) is 10.8 Å². The zero-order chi connectivity index (χ0) is 10.8. The first-order valence-corrected chi connectivity index (χ1v) is 5.51. The van der Waals surface area contributed by atoms with Gasteiger partial charge in [-0.25, -0.2) is 0 Å². The highest BCUT2D eigenvalue weighted by Crippen LogP contribution is 2.70. The van der Waals surface area contributed by atoms with E-state index < -0.39 is 0 Å². The maximum atomic E-state index is 9.21. The molecule has 1 N–H and O–H groups in total. The van der Waals surface area contributed by atoms with E-state index in [1.165, 1.54) is 12.8 Å². The molecule has 0 saturated heterocycles. The fourth-order valence-electron chi connectivity index (χ4n) is 4.30. The van der Waals surface area contributed by atoms with E-state index in [2.05, 4.69) is 39.8 Å². The first kappa shape index (κ1) is 10.0. The summed E-state index contributed by atoms with van der Waals surface area (Å²) < 4.78 is 0. The van der Waals surface area contributed by atoms with Crippen LogP contribution in [-0.2, 0) is 0 Å². The Morgan fingerprint density at radius 3 is 2.07 bits per heavy atom. The number of rotatable bonds is 0. The number of hydrogen-bond acceptors (Lipinski definition) is 2. The van der Waals surface area contributed by atoms with Crippen molar-refractivity contribution >= 4 is 5.71 Å². The molecule has 2 nitrogen and oxygen atoms in total. The van der Waals surface area contributed by atoms with Crippen molar-refractivity contribution in [1.82, 2.24) is 0 Å². The largest absolute Gasteiger partial charge is 0.411 e. The third-order valence-electron chi connectivity index (χ3n) is 5.33. The van der Waals surface area contributed by atoms with E-state index in [0.29, 0.717) is 5.92 Å². The van der Waals surface area contributed by atoms with Crippen molar-refractivity contribution in [1.29, 1.82) is 0 Å². The van der Waals surface area contributed by atoms with Gasteiger partial charge in [-0.1, -0.05) is 39.8 Å². The lowest BCUT2D eigenvalue weighted by Crippen LogP contribution is -2.36. The Bertz CT molecular complexity index is 303. The minimum atomic E-state index is 0.0747. The SMILES string of the molecule is CC1(C)/C(=N/O)[C@]2(C)CC[C@H]1C2(C)C. The lowest BCUT2D eigenvalue weighted by atomic mass is 9.70. The van der Waals surface area contributed by atoms with Crippen LogP contribution in [0.25, 0.3) is 0 Å². The van der Waals surface area contributed by atoms with Gasteiger partial charge < -0.3 is 5.21 Å². The molecule has 2 heteroatoms. The molecule has 0 spiro atoms. The van der Waals surface area contributed by atoms with Crippen LogP contribution in [0.2, 0.25) is 0 Å². The van der Waals surface area contributed by atoms with Crippen LogP contribution in [-0.4, -0.2) is 10.9 Å². The van der Waals surface area contributed by atoms with Crippen molar-refractivity contribution in [2.24, 2.45) is 27.3 Å². The smallest absolute Gasteiger partial charge is 0.0693 e.